The Morgan fingerprint density at radius 2 is 2.11 bits per heavy atom. The van der Waals surface area contributed by atoms with Gasteiger partial charge in [0.1, 0.15) is 5.82 Å². The van der Waals surface area contributed by atoms with Gasteiger partial charge < -0.3 is 4.74 Å². The molecule has 0 radical (unpaired) electrons. The number of hydrogen-bond donors (Lipinski definition) is 0. The minimum absolute atomic E-state index is 0.230. The maximum absolute atomic E-state index is 12.9. The van der Waals surface area contributed by atoms with Gasteiger partial charge in [-0.15, -0.1) is 0 Å². The van der Waals surface area contributed by atoms with Crippen LogP contribution in [-0.4, -0.2) is 12.6 Å². The average Bonchev–Trinajstić information content (AvgIpc) is 2.38. The number of benzene rings is 1. The number of ether oxygens (including phenoxy) is 1. The molecule has 0 aliphatic heterocycles. The van der Waals surface area contributed by atoms with Crippen molar-refractivity contribution in [1.82, 2.24) is 0 Å². The summed E-state index contributed by atoms with van der Waals surface area (Å²) >= 11 is 0. The number of halogens is 1. The zero-order chi connectivity index (χ0) is 13.0. The number of esters is 1. The zero-order valence-corrected chi connectivity index (χ0v) is 10.5. The van der Waals surface area contributed by atoms with Crippen molar-refractivity contribution in [2.24, 2.45) is 5.92 Å². The molecule has 2 nitrogen and oxygen atoms in total. The molecule has 0 saturated carbocycles. The fraction of sp³-hybridized carbons (Fsp3) is 0.400. The van der Waals surface area contributed by atoms with E-state index < -0.39 is 0 Å². The van der Waals surface area contributed by atoms with E-state index in [1.165, 1.54) is 24.6 Å². The first-order valence-corrected chi connectivity index (χ1v) is 6.26. The molecule has 18 heavy (non-hydrogen) atoms. The molecule has 96 valence electrons. The Kier molecular flexibility index (Phi) is 4.13. The summed E-state index contributed by atoms with van der Waals surface area (Å²) in [6.45, 7) is 1.84. The van der Waals surface area contributed by atoms with Gasteiger partial charge in [-0.25, -0.2) is 4.39 Å². The summed E-state index contributed by atoms with van der Waals surface area (Å²) in [5.74, 6) is -0.251. The van der Waals surface area contributed by atoms with Crippen LogP contribution in [0.25, 0.3) is 5.57 Å². The first-order valence-electron chi connectivity index (χ1n) is 6.26. The monoisotopic (exact) mass is 248 g/mol. The third-order valence-corrected chi connectivity index (χ3v) is 3.23. The van der Waals surface area contributed by atoms with Crippen LogP contribution < -0.4 is 0 Å². The van der Waals surface area contributed by atoms with E-state index in [4.69, 9.17) is 4.74 Å². The van der Waals surface area contributed by atoms with E-state index in [2.05, 4.69) is 6.08 Å². The summed E-state index contributed by atoms with van der Waals surface area (Å²) in [5.41, 5.74) is 2.19. The Morgan fingerprint density at radius 3 is 2.78 bits per heavy atom. The lowest BCUT2D eigenvalue weighted by molar-refractivity contribution is -0.141. The summed E-state index contributed by atoms with van der Waals surface area (Å²) in [7, 11) is 0. The molecular formula is C15H17FO2. The summed E-state index contributed by atoms with van der Waals surface area (Å²) < 4.78 is 18.0. The molecule has 1 aromatic rings. The number of carbonyl (C=O) groups is 1. The fourth-order valence-electron chi connectivity index (χ4n) is 2.33. The molecule has 0 spiro atoms. The Balaban J connectivity index is 2.14. The molecule has 0 N–H and O–H groups in total. The van der Waals surface area contributed by atoms with E-state index in [9.17, 15) is 9.18 Å². The van der Waals surface area contributed by atoms with E-state index in [-0.39, 0.29) is 17.7 Å². The SMILES string of the molecule is CC(=O)OC[C@H]1CCCC=C1c1ccc(F)cc1. The second-order valence-corrected chi connectivity index (χ2v) is 4.60. The first kappa shape index (κ1) is 12.8. The highest BCUT2D eigenvalue weighted by atomic mass is 19.1. The van der Waals surface area contributed by atoms with Crippen LogP contribution in [0.3, 0.4) is 0 Å². The summed E-state index contributed by atoms with van der Waals surface area (Å²) in [6, 6.07) is 6.50. The number of rotatable bonds is 3. The highest BCUT2D eigenvalue weighted by molar-refractivity contribution is 5.69. The second-order valence-electron chi connectivity index (χ2n) is 4.60. The van der Waals surface area contributed by atoms with Crippen molar-refractivity contribution in [3.63, 3.8) is 0 Å². The predicted octanol–water partition coefficient (Wildman–Crippen LogP) is 3.57. The number of allylic oxidation sites excluding steroid dienone is 1. The molecule has 2 rings (SSSR count). The van der Waals surface area contributed by atoms with Crippen molar-refractivity contribution in [2.45, 2.75) is 26.2 Å². The molecular weight excluding hydrogens is 231 g/mol. The Morgan fingerprint density at radius 1 is 1.39 bits per heavy atom. The highest BCUT2D eigenvalue weighted by Crippen LogP contribution is 2.32. The van der Waals surface area contributed by atoms with Gasteiger partial charge >= 0.3 is 5.97 Å². The van der Waals surface area contributed by atoms with Crippen LogP contribution in [0.15, 0.2) is 30.3 Å². The first-order chi connectivity index (χ1) is 8.66. The molecule has 1 aliphatic carbocycles. The van der Waals surface area contributed by atoms with Crippen molar-refractivity contribution in [3.05, 3.63) is 41.7 Å². The lowest BCUT2D eigenvalue weighted by Gasteiger charge is -2.24. The molecule has 0 bridgehead atoms. The average molecular weight is 248 g/mol. The van der Waals surface area contributed by atoms with Gasteiger partial charge in [0.15, 0.2) is 0 Å². The van der Waals surface area contributed by atoms with Crippen molar-refractivity contribution in [2.75, 3.05) is 6.61 Å². The molecule has 0 amide bonds. The molecule has 1 aliphatic rings. The van der Waals surface area contributed by atoms with Crippen LogP contribution >= 0.6 is 0 Å². The van der Waals surface area contributed by atoms with Crippen LogP contribution in [0.5, 0.6) is 0 Å². The molecule has 1 aromatic carbocycles. The highest BCUT2D eigenvalue weighted by Gasteiger charge is 2.20. The molecule has 0 saturated heterocycles. The third-order valence-electron chi connectivity index (χ3n) is 3.23. The maximum atomic E-state index is 12.9. The zero-order valence-electron chi connectivity index (χ0n) is 10.5. The number of carbonyl (C=O) groups excluding carboxylic acids is 1. The number of hydrogen-bond acceptors (Lipinski definition) is 2. The van der Waals surface area contributed by atoms with Crippen molar-refractivity contribution >= 4 is 11.5 Å². The lowest BCUT2D eigenvalue weighted by atomic mass is 9.84. The third kappa shape index (κ3) is 3.19. The minimum atomic E-state index is -0.251. The predicted molar refractivity (Wildman–Crippen MR) is 68.4 cm³/mol. The fourth-order valence-corrected chi connectivity index (χ4v) is 2.33. The quantitative estimate of drug-likeness (QED) is 0.764. The van der Waals surface area contributed by atoms with Gasteiger partial charge in [-0.3, -0.25) is 4.79 Å². The van der Waals surface area contributed by atoms with Crippen LogP contribution in [-0.2, 0) is 9.53 Å². The van der Waals surface area contributed by atoms with Gasteiger partial charge in [0, 0.05) is 12.8 Å². The maximum Gasteiger partial charge on any atom is 0.302 e. The van der Waals surface area contributed by atoms with Gasteiger partial charge in [0.05, 0.1) is 6.61 Å². The van der Waals surface area contributed by atoms with Crippen LogP contribution in [0.4, 0.5) is 4.39 Å². The molecule has 0 heterocycles. The summed E-state index contributed by atoms with van der Waals surface area (Å²) in [6.07, 6.45) is 5.32. The second kappa shape index (κ2) is 5.80. The minimum Gasteiger partial charge on any atom is -0.465 e. The van der Waals surface area contributed by atoms with Gasteiger partial charge in [-0.1, -0.05) is 18.2 Å². The Hall–Kier alpha value is -1.64. The van der Waals surface area contributed by atoms with E-state index in [0.717, 1.165) is 24.8 Å². The van der Waals surface area contributed by atoms with E-state index >= 15 is 0 Å². The Bertz CT molecular complexity index is 448. The Labute approximate surface area is 106 Å². The lowest BCUT2D eigenvalue weighted by Crippen LogP contribution is -2.16. The molecule has 0 unspecified atom stereocenters. The van der Waals surface area contributed by atoms with Gasteiger partial charge in [-0.2, -0.15) is 0 Å². The molecule has 0 fully saturated rings. The standard InChI is InChI=1S/C15H17FO2/c1-11(17)18-10-13-4-2-3-5-15(13)12-6-8-14(16)9-7-12/h5-9,13H,2-4,10H2,1H3/t13-/m1/s1. The van der Waals surface area contributed by atoms with Crippen LogP contribution in [0.1, 0.15) is 31.7 Å². The van der Waals surface area contributed by atoms with Gasteiger partial charge in [0.2, 0.25) is 0 Å². The molecule has 0 aromatic heterocycles. The van der Waals surface area contributed by atoms with E-state index in [1.807, 2.05) is 0 Å². The molecule has 3 heteroatoms. The normalized spacial score (nSPS) is 19.2. The van der Waals surface area contributed by atoms with Crippen LogP contribution in [0.2, 0.25) is 0 Å². The van der Waals surface area contributed by atoms with E-state index in [1.54, 1.807) is 12.1 Å². The van der Waals surface area contributed by atoms with Crippen molar-refractivity contribution in [3.8, 4) is 0 Å². The van der Waals surface area contributed by atoms with Gasteiger partial charge in [-0.05, 0) is 42.5 Å². The van der Waals surface area contributed by atoms with Crippen LogP contribution in [0, 0.1) is 11.7 Å². The summed E-state index contributed by atoms with van der Waals surface area (Å²) in [4.78, 5) is 10.9. The smallest absolute Gasteiger partial charge is 0.302 e. The largest absolute Gasteiger partial charge is 0.465 e. The molecule has 1 atom stereocenters. The van der Waals surface area contributed by atoms with Crippen molar-refractivity contribution < 1.29 is 13.9 Å². The van der Waals surface area contributed by atoms with Gasteiger partial charge in [0.25, 0.3) is 0 Å². The topological polar surface area (TPSA) is 26.3 Å². The van der Waals surface area contributed by atoms with E-state index in [0.29, 0.717) is 6.61 Å². The van der Waals surface area contributed by atoms with Crippen molar-refractivity contribution in [1.29, 1.82) is 0 Å². The summed E-state index contributed by atoms with van der Waals surface area (Å²) in [5, 5.41) is 0.